The Bertz CT molecular complexity index is 655. The summed E-state index contributed by atoms with van der Waals surface area (Å²) >= 11 is 9.34. The highest BCUT2D eigenvalue weighted by Gasteiger charge is 2.48. The van der Waals surface area contributed by atoms with Crippen molar-refractivity contribution < 1.29 is 14.4 Å². The first-order chi connectivity index (χ1) is 11.0. The van der Waals surface area contributed by atoms with E-state index in [-0.39, 0.29) is 30.2 Å². The molecule has 3 amide bonds. The molecule has 2 aliphatic rings. The summed E-state index contributed by atoms with van der Waals surface area (Å²) in [5.74, 6) is -1.32. The van der Waals surface area contributed by atoms with Crippen molar-refractivity contribution in [3.63, 3.8) is 0 Å². The first-order valence-electron chi connectivity index (χ1n) is 7.57. The van der Waals surface area contributed by atoms with E-state index in [0.29, 0.717) is 10.7 Å². The molecule has 0 radical (unpaired) electrons. The summed E-state index contributed by atoms with van der Waals surface area (Å²) in [4.78, 5) is 38.0. The number of fused-ring (bicyclic) bond motifs is 1. The molecule has 3 rings (SSSR count). The van der Waals surface area contributed by atoms with Crippen LogP contribution < -0.4 is 5.32 Å². The number of nitrogens with one attached hydrogen (secondary N) is 1. The van der Waals surface area contributed by atoms with Crippen LogP contribution in [-0.2, 0) is 14.4 Å². The first kappa shape index (κ1) is 16.5. The second-order valence-electron chi connectivity index (χ2n) is 5.93. The molecule has 1 heterocycles. The van der Waals surface area contributed by atoms with Gasteiger partial charge in [0.25, 0.3) is 0 Å². The third-order valence-corrected chi connectivity index (χ3v) is 5.25. The summed E-state index contributed by atoms with van der Waals surface area (Å²) in [6.45, 7) is -0.253. The van der Waals surface area contributed by atoms with Gasteiger partial charge in [0.05, 0.1) is 22.5 Å². The van der Waals surface area contributed by atoms with E-state index < -0.39 is 5.91 Å². The topological polar surface area (TPSA) is 66.5 Å². The van der Waals surface area contributed by atoms with Crippen LogP contribution in [0.2, 0.25) is 5.02 Å². The summed E-state index contributed by atoms with van der Waals surface area (Å²) in [6.07, 6.45) is 3.42. The van der Waals surface area contributed by atoms with Crippen LogP contribution in [0, 0.1) is 11.8 Å². The Hall–Kier alpha value is -1.40. The molecule has 5 nitrogen and oxygen atoms in total. The van der Waals surface area contributed by atoms with E-state index in [0.717, 1.165) is 35.1 Å². The van der Waals surface area contributed by atoms with Gasteiger partial charge in [0.15, 0.2) is 0 Å². The molecule has 2 fully saturated rings. The van der Waals surface area contributed by atoms with E-state index in [9.17, 15) is 14.4 Å². The Labute approximate surface area is 147 Å². The Balaban J connectivity index is 1.68. The SMILES string of the molecule is O=C(CN1C(=O)C2CCCCC2C1=O)Nc1ccc(Br)cc1Cl. The molecule has 1 saturated carbocycles. The summed E-state index contributed by atoms with van der Waals surface area (Å²) in [5, 5.41) is 3.04. The zero-order valence-electron chi connectivity index (χ0n) is 12.4. The Kier molecular flexibility index (Phi) is 4.73. The van der Waals surface area contributed by atoms with Crippen molar-refractivity contribution in [2.24, 2.45) is 11.8 Å². The third kappa shape index (κ3) is 3.28. The van der Waals surface area contributed by atoms with Crippen molar-refractivity contribution >= 4 is 50.9 Å². The predicted octanol–water partition coefficient (Wildman–Crippen LogP) is 3.22. The van der Waals surface area contributed by atoms with E-state index in [4.69, 9.17) is 11.6 Å². The molecule has 0 spiro atoms. The van der Waals surface area contributed by atoms with Crippen LogP contribution in [0.4, 0.5) is 5.69 Å². The lowest BCUT2D eigenvalue weighted by atomic mass is 9.81. The molecule has 0 aromatic heterocycles. The zero-order chi connectivity index (χ0) is 16.6. The van der Waals surface area contributed by atoms with Crippen LogP contribution in [0.5, 0.6) is 0 Å². The molecule has 1 aromatic rings. The van der Waals surface area contributed by atoms with Crippen LogP contribution in [0.15, 0.2) is 22.7 Å². The predicted molar refractivity (Wildman–Crippen MR) is 89.9 cm³/mol. The van der Waals surface area contributed by atoms with E-state index >= 15 is 0 Å². The van der Waals surface area contributed by atoms with Gasteiger partial charge in [-0.25, -0.2) is 0 Å². The number of rotatable bonds is 3. The molecule has 1 aliphatic heterocycles. The molecular weight excluding hydrogens is 384 g/mol. The Morgan fingerprint density at radius 3 is 2.39 bits per heavy atom. The van der Waals surface area contributed by atoms with Crippen molar-refractivity contribution in [1.82, 2.24) is 4.90 Å². The van der Waals surface area contributed by atoms with Gasteiger partial charge in [-0.15, -0.1) is 0 Å². The maximum Gasteiger partial charge on any atom is 0.244 e. The normalized spacial score (nSPS) is 23.8. The van der Waals surface area contributed by atoms with Gasteiger partial charge in [-0.2, -0.15) is 0 Å². The summed E-state index contributed by atoms with van der Waals surface area (Å²) in [7, 11) is 0. The van der Waals surface area contributed by atoms with Gasteiger partial charge in [-0.3, -0.25) is 19.3 Å². The van der Waals surface area contributed by atoms with Crippen molar-refractivity contribution in [2.75, 3.05) is 11.9 Å². The Morgan fingerprint density at radius 1 is 1.22 bits per heavy atom. The van der Waals surface area contributed by atoms with E-state index in [1.807, 2.05) is 0 Å². The number of hydrogen-bond acceptors (Lipinski definition) is 3. The number of benzene rings is 1. The van der Waals surface area contributed by atoms with Crippen molar-refractivity contribution in [2.45, 2.75) is 25.7 Å². The van der Waals surface area contributed by atoms with Gasteiger partial charge in [0, 0.05) is 4.47 Å². The fourth-order valence-electron chi connectivity index (χ4n) is 3.31. The number of carbonyl (C=O) groups is 3. The average Bonchev–Trinajstić information content (AvgIpc) is 2.76. The van der Waals surface area contributed by atoms with E-state index in [1.165, 1.54) is 0 Å². The molecule has 0 bridgehead atoms. The molecule has 2 atom stereocenters. The lowest BCUT2D eigenvalue weighted by Gasteiger charge is -2.19. The molecule has 2 unspecified atom stereocenters. The fourth-order valence-corrected chi connectivity index (χ4v) is 4.03. The van der Waals surface area contributed by atoms with Crippen molar-refractivity contribution in [3.05, 3.63) is 27.7 Å². The van der Waals surface area contributed by atoms with Gasteiger partial charge < -0.3 is 5.32 Å². The fraction of sp³-hybridized carbons (Fsp3) is 0.438. The number of hydrogen-bond donors (Lipinski definition) is 1. The molecule has 1 aromatic carbocycles. The molecule has 1 aliphatic carbocycles. The highest BCUT2D eigenvalue weighted by atomic mass is 79.9. The second-order valence-corrected chi connectivity index (χ2v) is 7.26. The minimum absolute atomic E-state index is 0.211. The molecule has 23 heavy (non-hydrogen) atoms. The lowest BCUT2D eigenvalue weighted by Crippen LogP contribution is -2.38. The quantitative estimate of drug-likeness (QED) is 0.794. The van der Waals surface area contributed by atoms with Gasteiger partial charge in [0.2, 0.25) is 17.7 Å². The van der Waals surface area contributed by atoms with Crippen LogP contribution in [0.25, 0.3) is 0 Å². The van der Waals surface area contributed by atoms with E-state index in [2.05, 4.69) is 21.2 Å². The number of anilines is 1. The smallest absolute Gasteiger partial charge is 0.244 e. The largest absolute Gasteiger partial charge is 0.323 e. The maximum absolute atomic E-state index is 12.3. The lowest BCUT2D eigenvalue weighted by molar-refractivity contribution is -0.142. The molecule has 7 heteroatoms. The number of nitrogens with zero attached hydrogens (tertiary/aromatic N) is 1. The second kappa shape index (κ2) is 6.61. The summed E-state index contributed by atoms with van der Waals surface area (Å²) < 4.78 is 0.800. The number of likely N-dealkylation sites (tertiary alicyclic amines) is 1. The average molecular weight is 400 g/mol. The van der Waals surface area contributed by atoms with E-state index in [1.54, 1.807) is 18.2 Å². The number of halogens is 2. The number of amides is 3. The van der Waals surface area contributed by atoms with Crippen LogP contribution in [0.1, 0.15) is 25.7 Å². The van der Waals surface area contributed by atoms with Crippen LogP contribution in [0.3, 0.4) is 0 Å². The first-order valence-corrected chi connectivity index (χ1v) is 8.74. The number of imide groups is 1. The monoisotopic (exact) mass is 398 g/mol. The molecule has 1 saturated heterocycles. The third-order valence-electron chi connectivity index (χ3n) is 4.44. The molecular formula is C16H16BrClN2O3. The van der Waals surface area contributed by atoms with Crippen molar-refractivity contribution in [3.8, 4) is 0 Å². The number of carbonyl (C=O) groups excluding carboxylic acids is 3. The van der Waals surface area contributed by atoms with Gasteiger partial charge in [0.1, 0.15) is 6.54 Å². The van der Waals surface area contributed by atoms with Crippen LogP contribution >= 0.6 is 27.5 Å². The van der Waals surface area contributed by atoms with Gasteiger partial charge in [-0.05, 0) is 31.0 Å². The minimum Gasteiger partial charge on any atom is -0.323 e. The highest BCUT2D eigenvalue weighted by Crippen LogP contribution is 2.37. The molecule has 1 N–H and O–H groups in total. The highest BCUT2D eigenvalue weighted by molar-refractivity contribution is 9.10. The van der Waals surface area contributed by atoms with Gasteiger partial charge >= 0.3 is 0 Å². The Morgan fingerprint density at radius 2 is 1.83 bits per heavy atom. The standard InChI is InChI=1S/C16H16BrClN2O3/c17-9-5-6-13(12(18)7-9)19-14(21)8-20-15(22)10-3-1-2-4-11(10)16(20)23/h5-7,10-11H,1-4,8H2,(H,19,21). The maximum atomic E-state index is 12.3. The summed E-state index contributed by atoms with van der Waals surface area (Å²) in [5.41, 5.74) is 0.455. The zero-order valence-corrected chi connectivity index (χ0v) is 14.7. The van der Waals surface area contributed by atoms with Crippen LogP contribution in [-0.4, -0.2) is 29.2 Å². The van der Waals surface area contributed by atoms with Crippen molar-refractivity contribution in [1.29, 1.82) is 0 Å². The van der Waals surface area contributed by atoms with Gasteiger partial charge in [-0.1, -0.05) is 40.4 Å². The molecule has 122 valence electrons. The minimum atomic E-state index is -0.422. The summed E-state index contributed by atoms with van der Waals surface area (Å²) in [6, 6.07) is 5.08.